The van der Waals surface area contributed by atoms with Gasteiger partial charge in [-0.25, -0.2) is 9.97 Å². The molecule has 1 aliphatic heterocycles. The Morgan fingerprint density at radius 2 is 1.44 bits per heavy atom. The van der Waals surface area contributed by atoms with Crippen LogP contribution in [0.15, 0.2) is 85.3 Å². The highest BCUT2D eigenvalue weighted by Gasteiger charge is 2.25. The van der Waals surface area contributed by atoms with Gasteiger partial charge in [0.1, 0.15) is 0 Å². The average Bonchev–Trinajstić information content (AvgIpc) is 2.94. The van der Waals surface area contributed by atoms with Gasteiger partial charge in [0.2, 0.25) is 11.9 Å². The molecule has 8 nitrogen and oxygen atoms in total. The van der Waals surface area contributed by atoms with Crippen LogP contribution in [0.1, 0.15) is 15.9 Å². The first-order chi connectivity index (χ1) is 18.0. The summed E-state index contributed by atoms with van der Waals surface area (Å²) in [4.78, 5) is 42.1. The van der Waals surface area contributed by atoms with Crippen LogP contribution in [0.25, 0.3) is 11.3 Å². The van der Waals surface area contributed by atoms with E-state index >= 15 is 0 Å². The van der Waals surface area contributed by atoms with Crippen molar-refractivity contribution in [3.8, 4) is 11.3 Å². The first-order valence-corrected chi connectivity index (χ1v) is 12.3. The number of carbonyl (C=O) groups is 2. The molecule has 0 unspecified atom stereocenters. The van der Waals surface area contributed by atoms with Crippen molar-refractivity contribution in [2.24, 2.45) is 0 Å². The summed E-state index contributed by atoms with van der Waals surface area (Å²) in [5, 5.41) is 3.86. The van der Waals surface area contributed by atoms with E-state index in [2.05, 4.69) is 20.3 Å². The zero-order valence-corrected chi connectivity index (χ0v) is 23.3. The zero-order chi connectivity index (χ0) is 25.6. The largest absolute Gasteiger partial charge is 0.339 e. The SMILES string of the molecule is Cl.Cl.O=C(Cc1ccncc1)N1CCN(C(=O)c2ccc(Nc3nccc(-c4ccc(Cl)cc4)n3)cc2)CC1. The van der Waals surface area contributed by atoms with Gasteiger partial charge in [0.15, 0.2) is 0 Å². The molecule has 4 aromatic rings. The van der Waals surface area contributed by atoms with Gasteiger partial charge in [-0.05, 0) is 60.2 Å². The normalized spacial score (nSPS) is 12.6. The maximum absolute atomic E-state index is 13.0. The van der Waals surface area contributed by atoms with E-state index in [0.29, 0.717) is 49.1 Å². The molecule has 0 spiro atoms. The summed E-state index contributed by atoms with van der Waals surface area (Å²) < 4.78 is 0. The second-order valence-corrected chi connectivity index (χ2v) is 9.12. The third kappa shape index (κ3) is 7.66. The number of amides is 2. The molecule has 11 heteroatoms. The summed E-state index contributed by atoms with van der Waals surface area (Å²) in [7, 11) is 0. The van der Waals surface area contributed by atoms with Crippen LogP contribution in [0, 0.1) is 0 Å². The third-order valence-corrected chi connectivity index (χ3v) is 6.46. The maximum Gasteiger partial charge on any atom is 0.253 e. The summed E-state index contributed by atoms with van der Waals surface area (Å²) in [6.45, 7) is 2.06. The van der Waals surface area contributed by atoms with Crippen molar-refractivity contribution in [2.45, 2.75) is 6.42 Å². The van der Waals surface area contributed by atoms with Crippen LogP contribution in [0.2, 0.25) is 5.02 Å². The maximum atomic E-state index is 13.0. The van der Waals surface area contributed by atoms with Crippen LogP contribution >= 0.6 is 36.4 Å². The van der Waals surface area contributed by atoms with E-state index in [4.69, 9.17) is 11.6 Å². The molecule has 39 heavy (non-hydrogen) atoms. The van der Waals surface area contributed by atoms with Crippen LogP contribution in [0.4, 0.5) is 11.6 Å². The van der Waals surface area contributed by atoms with Crippen molar-refractivity contribution in [1.82, 2.24) is 24.8 Å². The van der Waals surface area contributed by atoms with Crippen molar-refractivity contribution in [3.63, 3.8) is 0 Å². The van der Waals surface area contributed by atoms with Gasteiger partial charge in [-0.1, -0.05) is 23.7 Å². The fourth-order valence-electron chi connectivity index (χ4n) is 4.15. The van der Waals surface area contributed by atoms with E-state index < -0.39 is 0 Å². The molecular weight excluding hydrogens is 559 g/mol. The molecule has 2 amide bonds. The van der Waals surface area contributed by atoms with Crippen molar-refractivity contribution in [2.75, 3.05) is 31.5 Å². The topological polar surface area (TPSA) is 91.3 Å². The molecule has 0 saturated carbocycles. The van der Waals surface area contributed by atoms with E-state index in [1.165, 1.54) is 0 Å². The summed E-state index contributed by atoms with van der Waals surface area (Å²) in [5.41, 5.74) is 4.03. The number of aromatic nitrogens is 3. The molecule has 1 fully saturated rings. The van der Waals surface area contributed by atoms with Crippen LogP contribution in [-0.4, -0.2) is 62.7 Å². The van der Waals surface area contributed by atoms with Gasteiger partial charge in [0.25, 0.3) is 5.91 Å². The molecular formula is C28H27Cl3N6O2. The number of anilines is 2. The van der Waals surface area contributed by atoms with Gasteiger partial charge in [0.05, 0.1) is 12.1 Å². The summed E-state index contributed by atoms with van der Waals surface area (Å²) >= 11 is 5.98. The lowest BCUT2D eigenvalue weighted by molar-refractivity contribution is -0.131. The van der Waals surface area contributed by atoms with Crippen molar-refractivity contribution < 1.29 is 9.59 Å². The molecule has 3 heterocycles. The molecule has 0 atom stereocenters. The van der Waals surface area contributed by atoms with Gasteiger partial charge in [-0.2, -0.15) is 0 Å². The van der Waals surface area contributed by atoms with E-state index in [1.54, 1.807) is 35.6 Å². The predicted molar refractivity (Wildman–Crippen MR) is 157 cm³/mol. The minimum Gasteiger partial charge on any atom is -0.339 e. The van der Waals surface area contributed by atoms with E-state index in [-0.39, 0.29) is 36.6 Å². The second kappa shape index (κ2) is 13.9. The standard InChI is InChI=1S/C28H25ClN6O2.2ClH/c29-23-5-1-21(2-6-23)25-11-14-31-28(33-25)32-24-7-3-22(4-8-24)27(37)35-17-15-34(16-18-35)26(36)19-20-9-12-30-13-10-20;;/h1-14H,15-19H2,(H,31,32,33);2*1H. The Balaban J connectivity index is 0.00000210. The monoisotopic (exact) mass is 584 g/mol. The number of nitrogens with zero attached hydrogens (tertiary/aromatic N) is 5. The number of hydrogen-bond donors (Lipinski definition) is 1. The van der Waals surface area contributed by atoms with Gasteiger partial charge in [-0.15, -0.1) is 24.8 Å². The minimum atomic E-state index is -0.0474. The first kappa shape index (κ1) is 29.8. The molecule has 2 aromatic heterocycles. The molecule has 0 aliphatic carbocycles. The molecule has 1 aliphatic rings. The molecule has 1 saturated heterocycles. The zero-order valence-electron chi connectivity index (χ0n) is 20.9. The molecule has 2 aromatic carbocycles. The molecule has 202 valence electrons. The van der Waals surface area contributed by atoms with Crippen molar-refractivity contribution in [1.29, 1.82) is 0 Å². The highest BCUT2D eigenvalue weighted by molar-refractivity contribution is 6.30. The second-order valence-electron chi connectivity index (χ2n) is 8.68. The average molecular weight is 586 g/mol. The Morgan fingerprint density at radius 1 is 0.795 bits per heavy atom. The van der Waals surface area contributed by atoms with E-state index in [0.717, 1.165) is 22.5 Å². The number of benzene rings is 2. The first-order valence-electron chi connectivity index (χ1n) is 12.0. The van der Waals surface area contributed by atoms with Crippen LogP contribution < -0.4 is 5.32 Å². The minimum absolute atomic E-state index is 0. The lowest BCUT2D eigenvalue weighted by Crippen LogP contribution is -2.51. The Labute approximate surface area is 244 Å². The molecule has 5 rings (SSSR count). The Bertz CT molecular complexity index is 1380. The van der Waals surface area contributed by atoms with Crippen molar-refractivity contribution >= 4 is 59.9 Å². The van der Waals surface area contributed by atoms with E-state index in [1.807, 2.05) is 59.5 Å². The Kier molecular flexibility index (Phi) is 10.6. The summed E-state index contributed by atoms with van der Waals surface area (Å²) in [6, 6.07) is 20.2. The number of nitrogens with one attached hydrogen (secondary N) is 1. The highest BCUT2D eigenvalue weighted by atomic mass is 35.5. The van der Waals surface area contributed by atoms with Crippen LogP contribution in [0.3, 0.4) is 0 Å². The molecule has 0 bridgehead atoms. The summed E-state index contributed by atoms with van der Waals surface area (Å²) in [6.07, 6.45) is 5.41. The van der Waals surface area contributed by atoms with Crippen molar-refractivity contribution in [3.05, 3.63) is 101 Å². The fourth-order valence-corrected chi connectivity index (χ4v) is 4.28. The van der Waals surface area contributed by atoms with Gasteiger partial charge in [-0.3, -0.25) is 14.6 Å². The molecule has 0 radical (unpaired) electrons. The van der Waals surface area contributed by atoms with Gasteiger partial charge in [0, 0.05) is 66.6 Å². The number of halogens is 3. The third-order valence-electron chi connectivity index (χ3n) is 6.21. The lowest BCUT2D eigenvalue weighted by Gasteiger charge is -2.35. The number of piperazine rings is 1. The van der Waals surface area contributed by atoms with Crippen LogP contribution in [0.5, 0.6) is 0 Å². The summed E-state index contributed by atoms with van der Waals surface area (Å²) in [5.74, 6) is 0.476. The van der Waals surface area contributed by atoms with E-state index in [9.17, 15) is 9.59 Å². The van der Waals surface area contributed by atoms with Gasteiger partial charge < -0.3 is 15.1 Å². The number of rotatable bonds is 6. The fraction of sp³-hybridized carbons (Fsp3) is 0.179. The lowest BCUT2D eigenvalue weighted by atomic mass is 10.1. The number of pyridine rings is 1. The molecule has 1 N–H and O–H groups in total. The number of hydrogen-bond acceptors (Lipinski definition) is 6. The Hall–Kier alpha value is -3.72. The smallest absolute Gasteiger partial charge is 0.253 e. The Morgan fingerprint density at radius 3 is 2.10 bits per heavy atom. The highest BCUT2D eigenvalue weighted by Crippen LogP contribution is 2.22. The number of carbonyl (C=O) groups excluding carboxylic acids is 2. The quantitative estimate of drug-likeness (QED) is 0.330. The van der Waals surface area contributed by atoms with Crippen LogP contribution in [-0.2, 0) is 11.2 Å². The predicted octanol–water partition coefficient (Wildman–Crippen LogP) is 5.31. The van der Waals surface area contributed by atoms with Gasteiger partial charge >= 0.3 is 0 Å².